The van der Waals surface area contributed by atoms with Crippen molar-refractivity contribution in [2.45, 2.75) is 79.2 Å². The Hall–Kier alpha value is -1.85. The van der Waals surface area contributed by atoms with Crippen LogP contribution in [0.2, 0.25) is 0 Å². The van der Waals surface area contributed by atoms with Gasteiger partial charge in [0, 0.05) is 19.0 Å². The minimum atomic E-state index is -0.219. The van der Waals surface area contributed by atoms with Crippen molar-refractivity contribution in [2.75, 3.05) is 13.1 Å². The second-order valence-corrected chi connectivity index (χ2v) is 8.84. The first kappa shape index (κ1) is 22.4. The van der Waals surface area contributed by atoms with Crippen molar-refractivity contribution in [1.82, 2.24) is 15.2 Å². The summed E-state index contributed by atoms with van der Waals surface area (Å²) in [7, 11) is 0. The van der Waals surface area contributed by atoms with Crippen molar-refractivity contribution in [2.24, 2.45) is 17.8 Å². The van der Waals surface area contributed by atoms with Gasteiger partial charge in [-0.25, -0.2) is 4.98 Å². The fourth-order valence-electron chi connectivity index (χ4n) is 3.50. The third-order valence-electron chi connectivity index (χ3n) is 5.36. The van der Waals surface area contributed by atoms with E-state index in [1.165, 1.54) is 12.7 Å². The van der Waals surface area contributed by atoms with Crippen molar-refractivity contribution < 1.29 is 14.0 Å². The standard InChI is InChI=1S/C22H37N3O3/c1-16(2)10-12-23-21(26)19-15-28-20(24-19)14-25(13-11-17(3)4)22(27)18-8-6-5-7-9-18/h15-18H,5-14H2,1-4H3,(H,23,26). The maximum Gasteiger partial charge on any atom is 0.273 e. The quantitative estimate of drug-likeness (QED) is 0.641. The molecule has 0 aromatic carbocycles. The number of hydrogen-bond donors (Lipinski definition) is 1. The van der Waals surface area contributed by atoms with Crippen LogP contribution in [0.15, 0.2) is 10.7 Å². The molecule has 0 unspecified atom stereocenters. The Labute approximate surface area is 169 Å². The second-order valence-electron chi connectivity index (χ2n) is 8.84. The Morgan fingerprint density at radius 2 is 1.82 bits per heavy atom. The molecule has 1 N–H and O–H groups in total. The topological polar surface area (TPSA) is 75.4 Å². The summed E-state index contributed by atoms with van der Waals surface area (Å²) in [6, 6.07) is 0. The van der Waals surface area contributed by atoms with Gasteiger partial charge in [-0.2, -0.15) is 0 Å². The van der Waals surface area contributed by atoms with Crippen LogP contribution >= 0.6 is 0 Å². The predicted octanol–water partition coefficient (Wildman–Crippen LogP) is 4.41. The van der Waals surface area contributed by atoms with E-state index in [0.717, 1.165) is 38.5 Å². The van der Waals surface area contributed by atoms with E-state index in [4.69, 9.17) is 4.42 Å². The Bertz CT molecular complexity index is 618. The molecular weight excluding hydrogens is 354 g/mol. The first-order chi connectivity index (χ1) is 13.4. The minimum Gasteiger partial charge on any atom is -0.446 e. The van der Waals surface area contributed by atoms with Gasteiger partial charge in [0.25, 0.3) is 5.91 Å². The van der Waals surface area contributed by atoms with Crippen molar-refractivity contribution in [1.29, 1.82) is 0 Å². The normalized spacial score (nSPS) is 15.2. The molecule has 1 heterocycles. The zero-order chi connectivity index (χ0) is 20.5. The highest BCUT2D eigenvalue weighted by Crippen LogP contribution is 2.26. The summed E-state index contributed by atoms with van der Waals surface area (Å²) in [6.45, 7) is 10.2. The van der Waals surface area contributed by atoms with Gasteiger partial charge in [-0.1, -0.05) is 47.0 Å². The predicted molar refractivity (Wildman–Crippen MR) is 110 cm³/mol. The second kappa shape index (κ2) is 11.2. The average Bonchev–Trinajstić information content (AvgIpc) is 3.13. The molecule has 0 spiro atoms. The summed E-state index contributed by atoms with van der Waals surface area (Å²) in [5, 5.41) is 2.87. The van der Waals surface area contributed by atoms with Gasteiger partial charge in [0.1, 0.15) is 6.26 Å². The van der Waals surface area contributed by atoms with E-state index in [2.05, 4.69) is 38.0 Å². The molecule has 1 aliphatic rings. The molecule has 2 amide bonds. The lowest BCUT2D eigenvalue weighted by molar-refractivity contribution is -0.137. The third-order valence-corrected chi connectivity index (χ3v) is 5.36. The molecule has 158 valence electrons. The molecule has 1 aliphatic carbocycles. The van der Waals surface area contributed by atoms with E-state index in [0.29, 0.717) is 37.4 Å². The smallest absolute Gasteiger partial charge is 0.273 e. The summed E-state index contributed by atoms with van der Waals surface area (Å²) in [5.41, 5.74) is 0.285. The highest BCUT2D eigenvalue weighted by atomic mass is 16.3. The lowest BCUT2D eigenvalue weighted by Crippen LogP contribution is -2.37. The van der Waals surface area contributed by atoms with Crippen molar-refractivity contribution in [3.63, 3.8) is 0 Å². The average molecular weight is 392 g/mol. The van der Waals surface area contributed by atoms with Crippen molar-refractivity contribution in [3.8, 4) is 0 Å². The number of nitrogens with zero attached hydrogens (tertiary/aromatic N) is 2. The van der Waals surface area contributed by atoms with Crippen LogP contribution in [0.1, 0.15) is 89.0 Å². The van der Waals surface area contributed by atoms with E-state index in [1.54, 1.807) is 0 Å². The van der Waals surface area contributed by atoms with Crippen molar-refractivity contribution >= 4 is 11.8 Å². The lowest BCUT2D eigenvalue weighted by atomic mass is 9.88. The molecule has 1 saturated carbocycles. The van der Waals surface area contributed by atoms with E-state index >= 15 is 0 Å². The Morgan fingerprint density at radius 1 is 1.14 bits per heavy atom. The maximum absolute atomic E-state index is 13.0. The lowest BCUT2D eigenvalue weighted by Gasteiger charge is -2.29. The Kier molecular flexibility index (Phi) is 9.00. The largest absolute Gasteiger partial charge is 0.446 e. The van der Waals surface area contributed by atoms with Gasteiger partial charge in [-0.05, 0) is 37.5 Å². The van der Waals surface area contributed by atoms with Crippen LogP contribution in [0.25, 0.3) is 0 Å². The fraction of sp³-hybridized carbons (Fsp3) is 0.773. The zero-order valence-corrected chi connectivity index (χ0v) is 18.0. The number of carbonyl (C=O) groups is 2. The Balaban J connectivity index is 1.97. The summed E-state index contributed by atoms with van der Waals surface area (Å²) >= 11 is 0. The number of amides is 2. The van der Waals surface area contributed by atoms with Gasteiger partial charge in [-0.15, -0.1) is 0 Å². The molecule has 1 fully saturated rings. The van der Waals surface area contributed by atoms with Gasteiger partial charge >= 0.3 is 0 Å². The molecule has 1 aromatic heterocycles. The molecule has 0 atom stereocenters. The number of hydrogen-bond acceptors (Lipinski definition) is 4. The van der Waals surface area contributed by atoms with Gasteiger partial charge in [-0.3, -0.25) is 9.59 Å². The fourth-order valence-corrected chi connectivity index (χ4v) is 3.50. The van der Waals surface area contributed by atoms with Crippen LogP contribution in [-0.2, 0) is 11.3 Å². The molecule has 6 heteroatoms. The van der Waals surface area contributed by atoms with Crippen LogP contribution < -0.4 is 5.32 Å². The first-order valence-electron chi connectivity index (χ1n) is 10.9. The molecule has 0 radical (unpaired) electrons. The molecule has 1 aromatic rings. The van der Waals surface area contributed by atoms with E-state index in [1.807, 2.05) is 4.90 Å². The number of rotatable bonds is 10. The van der Waals surface area contributed by atoms with Crippen LogP contribution in [0.4, 0.5) is 0 Å². The molecule has 2 rings (SSSR count). The Morgan fingerprint density at radius 3 is 2.46 bits per heavy atom. The van der Waals surface area contributed by atoms with E-state index < -0.39 is 0 Å². The monoisotopic (exact) mass is 391 g/mol. The van der Waals surface area contributed by atoms with Crippen LogP contribution in [0, 0.1) is 17.8 Å². The summed E-state index contributed by atoms with van der Waals surface area (Å²) in [5.74, 6) is 1.60. The summed E-state index contributed by atoms with van der Waals surface area (Å²) in [6.07, 6.45) is 8.72. The molecule has 0 aliphatic heterocycles. The number of oxazole rings is 1. The molecule has 6 nitrogen and oxygen atoms in total. The minimum absolute atomic E-state index is 0.120. The molecular formula is C22H37N3O3. The molecule has 28 heavy (non-hydrogen) atoms. The molecule has 0 bridgehead atoms. The van der Waals surface area contributed by atoms with Gasteiger partial charge in [0.15, 0.2) is 5.69 Å². The highest BCUT2D eigenvalue weighted by Gasteiger charge is 2.27. The SMILES string of the molecule is CC(C)CCNC(=O)c1coc(CN(CCC(C)C)C(=O)C2CCCCC2)n1. The highest BCUT2D eigenvalue weighted by molar-refractivity contribution is 5.91. The number of carbonyl (C=O) groups excluding carboxylic acids is 2. The van der Waals surface area contributed by atoms with Crippen molar-refractivity contribution in [3.05, 3.63) is 17.8 Å². The van der Waals surface area contributed by atoms with Crippen LogP contribution in [0.3, 0.4) is 0 Å². The van der Waals surface area contributed by atoms with E-state index in [-0.39, 0.29) is 23.4 Å². The third kappa shape index (κ3) is 7.28. The molecule has 0 saturated heterocycles. The van der Waals surface area contributed by atoms with Gasteiger partial charge < -0.3 is 14.6 Å². The summed E-state index contributed by atoms with van der Waals surface area (Å²) < 4.78 is 5.52. The van der Waals surface area contributed by atoms with Crippen LogP contribution in [-0.4, -0.2) is 34.8 Å². The zero-order valence-electron chi connectivity index (χ0n) is 18.0. The first-order valence-corrected chi connectivity index (χ1v) is 10.9. The van der Waals surface area contributed by atoms with Gasteiger partial charge in [0.2, 0.25) is 11.8 Å². The van der Waals surface area contributed by atoms with Crippen LogP contribution in [0.5, 0.6) is 0 Å². The maximum atomic E-state index is 13.0. The number of nitrogens with one attached hydrogen (secondary N) is 1. The van der Waals surface area contributed by atoms with E-state index in [9.17, 15) is 9.59 Å². The van der Waals surface area contributed by atoms with Gasteiger partial charge in [0.05, 0.1) is 6.54 Å². The number of aromatic nitrogens is 1. The summed E-state index contributed by atoms with van der Waals surface area (Å²) in [4.78, 5) is 31.5.